The van der Waals surface area contributed by atoms with Crippen molar-refractivity contribution in [3.8, 4) is 0 Å². The number of carbonyl (C=O) groups is 3. The Labute approximate surface area is 189 Å². The van der Waals surface area contributed by atoms with E-state index >= 15 is 0 Å². The van der Waals surface area contributed by atoms with Gasteiger partial charge >= 0.3 is 6.03 Å². The van der Waals surface area contributed by atoms with Gasteiger partial charge in [0.05, 0.1) is 13.1 Å². The van der Waals surface area contributed by atoms with E-state index in [0.717, 1.165) is 16.3 Å². The van der Waals surface area contributed by atoms with Crippen LogP contribution in [0.25, 0.3) is 0 Å². The van der Waals surface area contributed by atoms with Crippen LogP contribution in [-0.4, -0.2) is 33.7 Å². The third-order valence-corrected chi connectivity index (χ3v) is 6.88. The van der Waals surface area contributed by atoms with E-state index in [4.69, 9.17) is 11.6 Å². The molecule has 0 saturated carbocycles. The van der Waals surface area contributed by atoms with E-state index in [1.165, 1.54) is 4.88 Å². The standard InChI is InChI=1S/C23H22ClN3O3S/c1-14-11-19(15(2)26(14)12-18-5-4-10-31-18)20(28)13-27-21(29)23(3,25-22(27)30)16-6-8-17(24)9-7-16/h4-11H,12-13H2,1-3H3,(H,25,30)/t23-/m1/s1. The predicted octanol–water partition coefficient (Wildman–Crippen LogP) is 4.52. The number of amides is 3. The Hall–Kier alpha value is -2.90. The van der Waals surface area contributed by atoms with E-state index in [2.05, 4.69) is 16.0 Å². The van der Waals surface area contributed by atoms with Crippen molar-refractivity contribution in [3.05, 3.63) is 80.3 Å². The second-order valence-corrected chi connectivity index (χ2v) is 9.30. The second kappa shape index (κ2) is 7.98. The summed E-state index contributed by atoms with van der Waals surface area (Å²) in [5.41, 5.74) is 1.67. The molecule has 8 heteroatoms. The average Bonchev–Trinajstić information content (AvgIpc) is 3.40. The largest absolute Gasteiger partial charge is 0.343 e. The lowest BCUT2D eigenvalue weighted by Crippen LogP contribution is -2.41. The lowest BCUT2D eigenvalue weighted by molar-refractivity contribution is -0.130. The van der Waals surface area contributed by atoms with Gasteiger partial charge in [0, 0.05) is 26.9 Å². The van der Waals surface area contributed by atoms with E-state index in [9.17, 15) is 14.4 Å². The number of nitrogens with one attached hydrogen (secondary N) is 1. The van der Waals surface area contributed by atoms with Crippen LogP contribution in [0.15, 0.2) is 47.8 Å². The minimum atomic E-state index is -1.24. The van der Waals surface area contributed by atoms with Crippen molar-refractivity contribution >= 4 is 40.7 Å². The molecule has 2 aromatic heterocycles. The Kier molecular flexibility index (Phi) is 5.49. The molecule has 0 radical (unpaired) electrons. The molecule has 0 bridgehead atoms. The zero-order valence-corrected chi connectivity index (χ0v) is 19.0. The van der Waals surface area contributed by atoms with Crippen LogP contribution in [-0.2, 0) is 16.9 Å². The third-order valence-electron chi connectivity index (χ3n) is 5.77. The van der Waals surface area contributed by atoms with E-state index in [1.807, 2.05) is 31.4 Å². The van der Waals surface area contributed by atoms with Crippen molar-refractivity contribution in [1.82, 2.24) is 14.8 Å². The van der Waals surface area contributed by atoms with Crippen molar-refractivity contribution in [3.63, 3.8) is 0 Å². The van der Waals surface area contributed by atoms with Crippen molar-refractivity contribution < 1.29 is 14.4 Å². The lowest BCUT2D eigenvalue weighted by Gasteiger charge is -2.22. The second-order valence-electron chi connectivity index (χ2n) is 7.83. The van der Waals surface area contributed by atoms with E-state index in [0.29, 0.717) is 22.7 Å². The lowest BCUT2D eigenvalue weighted by atomic mass is 9.92. The first-order valence-electron chi connectivity index (χ1n) is 9.83. The van der Waals surface area contributed by atoms with Gasteiger partial charge in [0.25, 0.3) is 5.91 Å². The summed E-state index contributed by atoms with van der Waals surface area (Å²) in [5.74, 6) is -0.727. The quantitative estimate of drug-likeness (QED) is 0.439. The van der Waals surface area contributed by atoms with Crippen molar-refractivity contribution in [2.45, 2.75) is 32.9 Å². The number of aryl methyl sites for hydroxylation is 1. The number of nitrogens with zero attached hydrogens (tertiary/aromatic N) is 2. The first-order valence-corrected chi connectivity index (χ1v) is 11.1. The Balaban J connectivity index is 1.55. The predicted molar refractivity (Wildman–Crippen MR) is 121 cm³/mol. The topological polar surface area (TPSA) is 71.4 Å². The third kappa shape index (κ3) is 3.79. The number of ketones is 1. The number of hydrogen-bond donors (Lipinski definition) is 1. The number of benzene rings is 1. The zero-order valence-electron chi connectivity index (χ0n) is 17.4. The van der Waals surface area contributed by atoms with Crippen LogP contribution in [0.5, 0.6) is 0 Å². The minimum absolute atomic E-state index is 0.269. The van der Waals surface area contributed by atoms with Gasteiger partial charge in [-0.2, -0.15) is 0 Å². The van der Waals surface area contributed by atoms with Crippen molar-refractivity contribution in [2.75, 3.05) is 6.54 Å². The van der Waals surface area contributed by atoms with Crippen LogP contribution < -0.4 is 5.32 Å². The van der Waals surface area contributed by atoms with E-state index in [-0.39, 0.29) is 12.3 Å². The van der Waals surface area contributed by atoms with Crippen molar-refractivity contribution in [2.24, 2.45) is 0 Å². The van der Waals surface area contributed by atoms with Crippen LogP contribution in [0, 0.1) is 13.8 Å². The highest BCUT2D eigenvalue weighted by Crippen LogP contribution is 2.30. The summed E-state index contributed by atoms with van der Waals surface area (Å²) in [5, 5.41) is 5.28. The van der Waals surface area contributed by atoms with Gasteiger partial charge in [-0.25, -0.2) is 4.79 Å². The normalized spacial score (nSPS) is 18.5. The molecule has 1 fully saturated rings. The van der Waals surface area contributed by atoms with Crippen LogP contribution in [0.3, 0.4) is 0 Å². The number of hydrogen-bond acceptors (Lipinski definition) is 4. The number of aromatic nitrogens is 1. The van der Waals surface area contributed by atoms with E-state index in [1.54, 1.807) is 42.5 Å². The average molecular weight is 456 g/mol. The summed E-state index contributed by atoms with van der Waals surface area (Å²) in [6, 6.07) is 12.0. The molecule has 1 aliphatic heterocycles. The molecule has 0 spiro atoms. The minimum Gasteiger partial charge on any atom is -0.343 e. The maximum atomic E-state index is 13.1. The first-order chi connectivity index (χ1) is 14.7. The highest BCUT2D eigenvalue weighted by Gasteiger charge is 2.49. The molecule has 160 valence electrons. The van der Waals surface area contributed by atoms with Gasteiger partial charge in [0.15, 0.2) is 5.78 Å². The summed E-state index contributed by atoms with van der Waals surface area (Å²) in [6.45, 7) is 5.84. The molecule has 3 heterocycles. The van der Waals surface area contributed by atoms with Gasteiger partial charge in [-0.05, 0) is 56.0 Å². The number of rotatable bonds is 6. The zero-order chi connectivity index (χ0) is 22.3. The summed E-state index contributed by atoms with van der Waals surface area (Å²) in [7, 11) is 0. The van der Waals surface area contributed by atoms with Crippen LogP contribution in [0.2, 0.25) is 5.02 Å². The smallest absolute Gasteiger partial charge is 0.325 e. The fraction of sp³-hybridized carbons (Fsp3) is 0.261. The first kappa shape index (κ1) is 21.3. The molecular formula is C23H22ClN3O3S. The molecule has 0 unspecified atom stereocenters. The van der Waals surface area contributed by atoms with Gasteiger partial charge in [0.2, 0.25) is 0 Å². The molecule has 1 aliphatic rings. The highest BCUT2D eigenvalue weighted by atomic mass is 35.5. The number of imide groups is 1. The highest BCUT2D eigenvalue weighted by molar-refractivity contribution is 7.09. The van der Waals surface area contributed by atoms with Gasteiger partial charge in [-0.15, -0.1) is 11.3 Å². The molecule has 4 rings (SSSR count). The Morgan fingerprint density at radius 3 is 2.52 bits per heavy atom. The number of urea groups is 1. The monoisotopic (exact) mass is 455 g/mol. The molecule has 1 atom stereocenters. The van der Waals surface area contributed by atoms with Gasteiger partial charge < -0.3 is 9.88 Å². The Morgan fingerprint density at radius 2 is 1.87 bits per heavy atom. The molecule has 6 nitrogen and oxygen atoms in total. The van der Waals surface area contributed by atoms with Gasteiger partial charge in [0.1, 0.15) is 5.54 Å². The summed E-state index contributed by atoms with van der Waals surface area (Å²) < 4.78 is 2.07. The Bertz CT molecular complexity index is 1170. The fourth-order valence-electron chi connectivity index (χ4n) is 3.93. The summed E-state index contributed by atoms with van der Waals surface area (Å²) in [4.78, 5) is 40.9. The van der Waals surface area contributed by atoms with Crippen LogP contribution in [0.4, 0.5) is 4.79 Å². The SMILES string of the molecule is Cc1cc(C(=O)CN2C(=O)N[C@](C)(c3ccc(Cl)cc3)C2=O)c(C)n1Cc1cccs1. The molecule has 1 saturated heterocycles. The number of halogens is 1. The van der Waals surface area contributed by atoms with Gasteiger partial charge in [-0.1, -0.05) is 29.8 Å². The summed E-state index contributed by atoms with van der Waals surface area (Å²) in [6.07, 6.45) is 0. The molecular weight excluding hydrogens is 434 g/mol. The maximum absolute atomic E-state index is 13.1. The molecule has 3 amide bonds. The van der Waals surface area contributed by atoms with Gasteiger partial charge in [-0.3, -0.25) is 14.5 Å². The van der Waals surface area contributed by atoms with E-state index < -0.39 is 17.5 Å². The Morgan fingerprint density at radius 1 is 1.16 bits per heavy atom. The molecule has 1 N–H and O–H groups in total. The van der Waals surface area contributed by atoms with Crippen molar-refractivity contribution in [1.29, 1.82) is 0 Å². The fourth-order valence-corrected chi connectivity index (χ4v) is 4.75. The van der Waals surface area contributed by atoms with Crippen LogP contribution >= 0.6 is 22.9 Å². The molecule has 0 aliphatic carbocycles. The molecule has 3 aromatic rings. The molecule has 31 heavy (non-hydrogen) atoms. The number of thiophene rings is 1. The number of carbonyl (C=O) groups excluding carboxylic acids is 3. The number of Topliss-reactive ketones (excluding diaryl/α,β-unsaturated/α-hetero) is 1. The molecule has 1 aromatic carbocycles. The maximum Gasteiger partial charge on any atom is 0.325 e. The summed E-state index contributed by atoms with van der Waals surface area (Å²) >= 11 is 7.60. The van der Waals surface area contributed by atoms with Crippen LogP contribution in [0.1, 0.15) is 39.1 Å².